The summed E-state index contributed by atoms with van der Waals surface area (Å²) in [6, 6.07) is 4.27. The van der Waals surface area contributed by atoms with E-state index in [1.54, 1.807) is 20.8 Å². The van der Waals surface area contributed by atoms with Gasteiger partial charge in [-0.3, -0.25) is 9.79 Å². The zero-order chi connectivity index (χ0) is 18.5. The molecule has 3 N–H and O–H groups in total. The van der Waals surface area contributed by atoms with Crippen LogP contribution in [0.1, 0.15) is 32.8 Å². The Morgan fingerprint density at radius 1 is 1.38 bits per heavy atom. The number of carbonyl (C=O) groups is 1. The van der Waals surface area contributed by atoms with E-state index in [2.05, 4.69) is 9.71 Å². The second-order valence-electron chi connectivity index (χ2n) is 5.99. The van der Waals surface area contributed by atoms with Crippen molar-refractivity contribution in [1.29, 1.82) is 0 Å². The van der Waals surface area contributed by atoms with E-state index in [4.69, 9.17) is 22.1 Å². The lowest BCUT2D eigenvalue weighted by atomic mass is 10.2. The molecule has 0 heterocycles. The van der Waals surface area contributed by atoms with Gasteiger partial charge in [-0.15, -0.1) is 0 Å². The average Bonchev–Trinajstić information content (AvgIpc) is 2.43. The highest BCUT2D eigenvalue weighted by Crippen LogP contribution is 2.22. The van der Waals surface area contributed by atoms with Crippen molar-refractivity contribution >= 4 is 33.4 Å². The van der Waals surface area contributed by atoms with Crippen LogP contribution >= 0.6 is 11.6 Å². The molecule has 1 aromatic carbocycles. The topological polar surface area (TPSA) is 111 Å². The summed E-state index contributed by atoms with van der Waals surface area (Å²) in [6.07, 6.45) is -0.0817. The average molecular weight is 376 g/mol. The standard InChI is InChI=1S/C15H22ClN3O4S/c1-15(2,3)23-13(20)7-8-19-24(21,22)12-6-5-10(9-11(12)16)14(17)18-4/h5-6,9,19H,7-8H2,1-4H3,(H2,17,18). The van der Waals surface area contributed by atoms with E-state index in [-0.39, 0.29) is 28.7 Å². The van der Waals surface area contributed by atoms with Crippen LogP contribution in [-0.4, -0.2) is 39.4 Å². The van der Waals surface area contributed by atoms with E-state index in [0.717, 1.165) is 0 Å². The molecule has 134 valence electrons. The minimum atomic E-state index is -3.85. The van der Waals surface area contributed by atoms with Gasteiger partial charge in [0, 0.05) is 19.2 Å². The fourth-order valence-electron chi connectivity index (χ4n) is 1.76. The van der Waals surface area contributed by atoms with Gasteiger partial charge < -0.3 is 10.5 Å². The zero-order valence-electron chi connectivity index (χ0n) is 14.1. The number of rotatable bonds is 6. The van der Waals surface area contributed by atoms with Crippen molar-refractivity contribution in [3.8, 4) is 0 Å². The molecule has 0 aromatic heterocycles. The van der Waals surface area contributed by atoms with Crippen molar-refractivity contribution in [2.75, 3.05) is 13.6 Å². The Kier molecular flexibility index (Phi) is 6.76. The van der Waals surface area contributed by atoms with Crippen LogP contribution in [-0.2, 0) is 19.6 Å². The van der Waals surface area contributed by atoms with Gasteiger partial charge in [0.15, 0.2) is 0 Å². The molecule has 0 aliphatic carbocycles. The lowest BCUT2D eigenvalue weighted by molar-refractivity contribution is -0.154. The van der Waals surface area contributed by atoms with Crippen molar-refractivity contribution in [1.82, 2.24) is 4.72 Å². The predicted molar refractivity (Wildman–Crippen MR) is 93.8 cm³/mol. The van der Waals surface area contributed by atoms with E-state index in [1.165, 1.54) is 25.2 Å². The van der Waals surface area contributed by atoms with Gasteiger partial charge in [-0.25, -0.2) is 13.1 Å². The Bertz CT molecular complexity index is 740. The molecule has 0 aliphatic heterocycles. The number of sulfonamides is 1. The van der Waals surface area contributed by atoms with Gasteiger partial charge in [0.2, 0.25) is 10.0 Å². The van der Waals surface area contributed by atoms with E-state index in [1.807, 2.05) is 0 Å². The predicted octanol–water partition coefficient (Wildman–Crippen LogP) is 1.69. The van der Waals surface area contributed by atoms with Crippen LogP contribution in [0.15, 0.2) is 28.1 Å². The van der Waals surface area contributed by atoms with Gasteiger partial charge in [-0.2, -0.15) is 0 Å². The number of nitrogens with two attached hydrogens (primary N) is 1. The van der Waals surface area contributed by atoms with Gasteiger partial charge in [0.05, 0.1) is 11.4 Å². The Hall–Kier alpha value is -1.64. The smallest absolute Gasteiger partial charge is 0.307 e. The number of ether oxygens (including phenoxy) is 1. The quantitative estimate of drug-likeness (QED) is 0.446. The summed E-state index contributed by atoms with van der Waals surface area (Å²) in [5.74, 6) is -0.239. The summed E-state index contributed by atoms with van der Waals surface area (Å²) in [7, 11) is -2.33. The first-order valence-electron chi connectivity index (χ1n) is 7.20. The molecule has 0 unspecified atom stereocenters. The molecular weight excluding hydrogens is 354 g/mol. The molecule has 0 atom stereocenters. The van der Waals surface area contributed by atoms with E-state index in [0.29, 0.717) is 5.56 Å². The highest BCUT2D eigenvalue weighted by molar-refractivity contribution is 7.89. The van der Waals surface area contributed by atoms with Crippen molar-refractivity contribution in [3.05, 3.63) is 28.8 Å². The van der Waals surface area contributed by atoms with Gasteiger partial charge in [0.25, 0.3) is 0 Å². The van der Waals surface area contributed by atoms with Crippen LogP contribution in [0.5, 0.6) is 0 Å². The molecule has 0 saturated heterocycles. The van der Waals surface area contributed by atoms with Gasteiger partial charge >= 0.3 is 5.97 Å². The van der Waals surface area contributed by atoms with Crippen molar-refractivity contribution in [2.45, 2.75) is 37.7 Å². The number of hydrogen-bond acceptors (Lipinski definition) is 5. The van der Waals surface area contributed by atoms with E-state index in [9.17, 15) is 13.2 Å². The van der Waals surface area contributed by atoms with Crippen LogP contribution in [0.4, 0.5) is 0 Å². The van der Waals surface area contributed by atoms with Crippen LogP contribution < -0.4 is 10.5 Å². The summed E-state index contributed by atoms with van der Waals surface area (Å²) >= 11 is 6.02. The first-order chi connectivity index (χ1) is 11.0. The maximum absolute atomic E-state index is 12.3. The van der Waals surface area contributed by atoms with Gasteiger partial charge in [0.1, 0.15) is 16.3 Å². The number of nitrogens with one attached hydrogen (secondary N) is 1. The normalized spacial score (nSPS) is 13.0. The molecule has 0 saturated carbocycles. The van der Waals surface area contributed by atoms with Crippen LogP contribution in [0, 0.1) is 0 Å². The summed E-state index contributed by atoms with van der Waals surface area (Å²) in [4.78, 5) is 15.3. The molecule has 0 bridgehead atoms. The molecular formula is C15H22ClN3O4S. The third-order valence-electron chi connectivity index (χ3n) is 2.80. The van der Waals surface area contributed by atoms with Crippen LogP contribution in [0.25, 0.3) is 0 Å². The summed E-state index contributed by atoms with van der Waals surface area (Å²) < 4.78 is 32.0. The number of aliphatic imine (C=N–C) groups is 1. The fourth-order valence-corrected chi connectivity index (χ4v) is 3.34. The van der Waals surface area contributed by atoms with Crippen LogP contribution in [0.3, 0.4) is 0 Å². The number of hydrogen-bond donors (Lipinski definition) is 2. The SMILES string of the molecule is CN=C(N)c1ccc(S(=O)(=O)NCCC(=O)OC(C)(C)C)c(Cl)c1. The molecule has 1 rings (SSSR count). The van der Waals surface area contributed by atoms with E-state index < -0.39 is 21.6 Å². The van der Waals surface area contributed by atoms with E-state index >= 15 is 0 Å². The molecule has 0 radical (unpaired) electrons. The summed E-state index contributed by atoms with van der Waals surface area (Å²) in [5, 5.41) is 0.0175. The lowest BCUT2D eigenvalue weighted by Gasteiger charge is -2.19. The Labute approximate surface area is 147 Å². The Balaban J connectivity index is 2.78. The monoisotopic (exact) mass is 375 g/mol. The first-order valence-corrected chi connectivity index (χ1v) is 9.06. The second kappa shape index (κ2) is 7.96. The molecule has 0 fully saturated rings. The maximum atomic E-state index is 12.3. The molecule has 9 heteroatoms. The first kappa shape index (κ1) is 20.4. The summed E-state index contributed by atoms with van der Waals surface area (Å²) in [6.45, 7) is 5.12. The Morgan fingerprint density at radius 3 is 2.50 bits per heavy atom. The highest BCUT2D eigenvalue weighted by atomic mass is 35.5. The van der Waals surface area contributed by atoms with Gasteiger partial charge in [-0.1, -0.05) is 11.6 Å². The summed E-state index contributed by atoms with van der Waals surface area (Å²) in [5.41, 5.74) is 5.57. The highest BCUT2D eigenvalue weighted by Gasteiger charge is 2.20. The molecule has 0 aliphatic rings. The number of nitrogens with zero attached hydrogens (tertiary/aromatic N) is 1. The Morgan fingerprint density at radius 2 is 2.00 bits per heavy atom. The van der Waals surface area contributed by atoms with Crippen molar-refractivity contribution < 1.29 is 17.9 Å². The van der Waals surface area contributed by atoms with Gasteiger partial charge in [-0.05, 0) is 39.0 Å². The van der Waals surface area contributed by atoms with Crippen molar-refractivity contribution in [3.63, 3.8) is 0 Å². The minimum Gasteiger partial charge on any atom is -0.460 e. The number of halogens is 1. The third-order valence-corrected chi connectivity index (χ3v) is 4.74. The largest absolute Gasteiger partial charge is 0.460 e. The molecule has 7 nitrogen and oxygen atoms in total. The zero-order valence-corrected chi connectivity index (χ0v) is 15.7. The van der Waals surface area contributed by atoms with Crippen LogP contribution in [0.2, 0.25) is 5.02 Å². The fraction of sp³-hybridized carbons (Fsp3) is 0.467. The minimum absolute atomic E-state index is 0.0175. The molecule has 0 amide bonds. The third kappa shape index (κ3) is 6.10. The van der Waals surface area contributed by atoms with Crippen molar-refractivity contribution in [2.24, 2.45) is 10.7 Å². The second-order valence-corrected chi connectivity index (χ2v) is 8.13. The molecule has 0 spiro atoms. The number of benzene rings is 1. The maximum Gasteiger partial charge on any atom is 0.307 e. The number of esters is 1. The lowest BCUT2D eigenvalue weighted by Crippen LogP contribution is -2.30. The number of amidine groups is 1. The molecule has 1 aromatic rings. The molecule has 24 heavy (non-hydrogen) atoms. The number of carbonyl (C=O) groups excluding carboxylic acids is 1.